The fourth-order valence-corrected chi connectivity index (χ4v) is 4.30. The summed E-state index contributed by atoms with van der Waals surface area (Å²) in [4.78, 5) is 3.28. The van der Waals surface area contributed by atoms with Crippen LogP contribution in [-0.4, -0.2) is 19.7 Å². The second-order valence-electron chi connectivity index (χ2n) is 6.25. The summed E-state index contributed by atoms with van der Waals surface area (Å²) in [5, 5.41) is 3.86. The molecular weight excluding hydrogens is 298 g/mol. The van der Waals surface area contributed by atoms with Gasteiger partial charge in [-0.25, -0.2) is 8.42 Å². The van der Waals surface area contributed by atoms with E-state index < -0.39 is 15.4 Å². The molecule has 0 spiro atoms. The van der Waals surface area contributed by atoms with Crippen LogP contribution in [0.5, 0.6) is 0 Å². The van der Waals surface area contributed by atoms with Gasteiger partial charge in [0.25, 0.3) is 0 Å². The van der Waals surface area contributed by atoms with Crippen LogP contribution in [0.25, 0.3) is 10.4 Å². The van der Waals surface area contributed by atoms with Crippen molar-refractivity contribution in [1.29, 1.82) is 0 Å². The lowest BCUT2D eigenvalue weighted by atomic mass is 9.78. The molecule has 0 aliphatic heterocycles. The van der Waals surface area contributed by atoms with Crippen molar-refractivity contribution in [2.75, 3.05) is 5.75 Å². The number of sulfone groups is 1. The lowest BCUT2D eigenvalue weighted by Crippen LogP contribution is -2.30. The van der Waals surface area contributed by atoms with Crippen molar-refractivity contribution < 1.29 is 8.42 Å². The van der Waals surface area contributed by atoms with Crippen molar-refractivity contribution in [3.63, 3.8) is 0 Å². The van der Waals surface area contributed by atoms with Gasteiger partial charge in [-0.15, -0.1) is 0 Å². The number of benzene rings is 1. The molecule has 1 aliphatic carbocycles. The Kier molecular flexibility index (Phi) is 4.94. The lowest BCUT2D eigenvalue weighted by molar-refractivity contribution is 0.294. The van der Waals surface area contributed by atoms with E-state index in [1.165, 1.54) is 0 Å². The zero-order valence-corrected chi connectivity index (χ0v) is 13.8. The molecule has 0 heterocycles. The Bertz CT molecular complexity index is 702. The summed E-state index contributed by atoms with van der Waals surface area (Å²) >= 11 is 0. The molecule has 2 rings (SSSR count). The van der Waals surface area contributed by atoms with Crippen molar-refractivity contribution in [2.45, 2.75) is 43.5 Å². The maximum atomic E-state index is 12.4. The Labute approximate surface area is 131 Å². The molecule has 0 saturated carbocycles. The molecule has 0 saturated heterocycles. The molecule has 1 aliphatic rings. The Morgan fingerprint density at radius 1 is 1.32 bits per heavy atom. The highest BCUT2D eigenvalue weighted by Crippen LogP contribution is 2.35. The second-order valence-corrected chi connectivity index (χ2v) is 8.24. The highest BCUT2D eigenvalue weighted by atomic mass is 32.2. The van der Waals surface area contributed by atoms with E-state index in [9.17, 15) is 8.42 Å². The molecule has 6 heteroatoms. The number of hydrogen-bond acceptors (Lipinski definition) is 3. The minimum atomic E-state index is -3.27. The fourth-order valence-electron chi connectivity index (χ4n) is 2.81. The summed E-state index contributed by atoms with van der Waals surface area (Å²) in [5.74, 6) is 0.331. The van der Waals surface area contributed by atoms with Gasteiger partial charge in [0.05, 0.1) is 10.6 Å². The topological polar surface area (TPSA) is 82.9 Å². The van der Waals surface area contributed by atoms with Gasteiger partial charge in [0.15, 0.2) is 9.84 Å². The zero-order valence-electron chi connectivity index (χ0n) is 12.9. The number of hydrogen-bond donors (Lipinski definition) is 0. The van der Waals surface area contributed by atoms with E-state index in [0.717, 1.165) is 24.8 Å². The van der Waals surface area contributed by atoms with Crippen molar-refractivity contribution in [2.24, 2.45) is 11.0 Å². The summed E-state index contributed by atoms with van der Waals surface area (Å²) in [6.45, 7) is 3.86. The van der Waals surface area contributed by atoms with Gasteiger partial charge in [0.1, 0.15) is 0 Å². The van der Waals surface area contributed by atoms with Crippen LogP contribution < -0.4 is 0 Å². The molecule has 0 radical (unpaired) electrons. The van der Waals surface area contributed by atoms with Crippen LogP contribution in [0.3, 0.4) is 0 Å². The third kappa shape index (κ3) is 3.90. The van der Waals surface area contributed by atoms with E-state index in [-0.39, 0.29) is 11.7 Å². The molecule has 1 aromatic carbocycles. The minimum absolute atomic E-state index is 0.0751. The molecule has 1 aromatic rings. The minimum Gasteiger partial charge on any atom is -0.223 e. The van der Waals surface area contributed by atoms with Gasteiger partial charge in [0.2, 0.25) is 0 Å². The third-order valence-electron chi connectivity index (χ3n) is 4.28. The van der Waals surface area contributed by atoms with Crippen LogP contribution in [0, 0.1) is 5.92 Å². The van der Waals surface area contributed by atoms with Gasteiger partial charge in [-0.2, -0.15) is 0 Å². The maximum absolute atomic E-state index is 12.4. The standard InChI is InChI=1S/C16H21N3O2S/c1-16(2,18-19-17)14-10-8-13(9-11-14)12-22(20,21)15-6-4-3-5-7-15/h3-8,14H,9-12H2,1-2H3/t14-/m0/s1. The normalized spacial score (nSPS) is 19.2. The Balaban J connectivity index is 2.08. The highest BCUT2D eigenvalue weighted by molar-refractivity contribution is 7.91. The Morgan fingerprint density at radius 3 is 2.55 bits per heavy atom. The van der Waals surface area contributed by atoms with Crippen LogP contribution in [0.1, 0.15) is 33.1 Å². The monoisotopic (exact) mass is 319 g/mol. The van der Waals surface area contributed by atoms with Crippen LogP contribution >= 0.6 is 0 Å². The summed E-state index contributed by atoms with van der Waals surface area (Å²) in [5.41, 5.74) is 9.15. The van der Waals surface area contributed by atoms with E-state index in [2.05, 4.69) is 10.0 Å². The summed E-state index contributed by atoms with van der Waals surface area (Å²) < 4.78 is 24.7. The highest BCUT2D eigenvalue weighted by Gasteiger charge is 2.30. The fraction of sp³-hybridized carbons (Fsp3) is 0.500. The van der Waals surface area contributed by atoms with Gasteiger partial charge >= 0.3 is 0 Å². The first-order valence-electron chi connectivity index (χ1n) is 7.37. The van der Waals surface area contributed by atoms with Crippen LogP contribution in [0.2, 0.25) is 0 Å². The predicted octanol–water partition coefficient (Wildman–Crippen LogP) is 4.28. The van der Waals surface area contributed by atoms with Crippen molar-refractivity contribution in [3.8, 4) is 0 Å². The second kappa shape index (κ2) is 6.55. The summed E-state index contributed by atoms with van der Waals surface area (Å²) in [6, 6.07) is 8.54. The smallest absolute Gasteiger partial charge is 0.182 e. The maximum Gasteiger partial charge on any atom is 0.182 e. The third-order valence-corrected chi connectivity index (χ3v) is 6.03. The average Bonchev–Trinajstić information content (AvgIpc) is 2.48. The molecule has 0 aromatic heterocycles. The molecule has 22 heavy (non-hydrogen) atoms. The van der Waals surface area contributed by atoms with Crippen molar-refractivity contribution >= 4 is 9.84 Å². The van der Waals surface area contributed by atoms with Crippen molar-refractivity contribution in [1.82, 2.24) is 0 Å². The number of allylic oxidation sites excluding steroid dienone is 1. The van der Waals surface area contributed by atoms with Gasteiger partial charge in [-0.1, -0.05) is 48.8 Å². The van der Waals surface area contributed by atoms with E-state index in [0.29, 0.717) is 4.90 Å². The van der Waals surface area contributed by atoms with Crippen molar-refractivity contribution in [3.05, 3.63) is 52.4 Å². The molecule has 0 bridgehead atoms. The SMILES string of the molecule is CC(C)(N=[N+]=[N-])[C@H]1CC=C(CS(=O)(=O)c2ccccc2)CC1. The van der Waals surface area contributed by atoms with Gasteiger partial charge < -0.3 is 0 Å². The molecule has 0 unspecified atom stereocenters. The largest absolute Gasteiger partial charge is 0.223 e. The average molecular weight is 319 g/mol. The molecular formula is C16H21N3O2S. The van der Waals surface area contributed by atoms with Gasteiger partial charge in [-0.3, -0.25) is 0 Å². The van der Waals surface area contributed by atoms with Gasteiger partial charge in [0, 0.05) is 10.5 Å². The Morgan fingerprint density at radius 2 is 2.00 bits per heavy atom. The van der Waals surface area contributed by atoms with E-state index in [4.69, 9.17) is 5.53 Å². The van der Waals surface area contributed by atoms with E-state index >= 15 is 0 Å². The number of nitrogens with zero attached hydrogens (tertiary/aromatic N) is 3. The zero-order chi connectivity index (χ0) is 16.2. The predicted molar refractivity (Wildman–Crippen MR) is 87.1 cm³/mol. The molecule has 1 atom stereocenters. The quantitative estimate of drug-likeness (QED) is 0.351. The first-order chi connectivity index (χ1) is 10.3. The first-order valence-corrected chi connectivity index (χ1v) is 9.02. The number of rotatable bonds is 5. The molecule has 0 amide bonds. The van der Waals surface area contributed by atoms with Gasteiger partial charge in [-0.05, 0) is 42.8 Å². The van der Waals surface area contributed by atoms with Crippen LogP contribution in [0.15, 0.2) is 52.0 Å². The van der Waals surface area contributed by atoms with Crippen LogP contribution in [0.4, 0.5) is 0 Å². The van der Waals surface area contributed by atoms with E-state index in [1.807, 2.05) is 19.9 Å². The first kappa shape index (κ1) is 16.6. The van der Waals surface area contributed by atoms with Crippen LogP contribution in [-0.2, 0) is 9.84 Å². The lowest BCUT2D eigenvalue weighted by Gasteiger charge is -2.32. The van der Waals surface area contributed by atoms with E-state index in [1.54, 1.807) is 30.3 Å². The molecule has 0 N–H and O–H groups in total. The summed E-state index contributed by atoms with van der Waals surface area (Å²) in [7, 11) is -3.27. The summed E-state index contributed by atoms with van der Waals surface area (Å²) in [6.07, 6.45) is 4.35. The molecule has 0 fully saturated rings. The molecule has 5 nitrogen and oxygen atoms in total. The number of azide groups is 1. The Hall–Kier alpha value is -1.78. The molecule has 118 valence electrons.